The van der Waals surface area contributed by atoms with Gasteiger partial charge in [0.05, 0.1) is 12.2 Å². The molecule has 232 valence electrons. The van der Waals surface area contributed by atoms with Gasteiger partial charge in [-0.25, -0.2) is 0 Å². The fourth-order valence-electron chi connectivity index (χ4n) is 8.54. The van der Waals surface area contributed by atoms with E-state index in [1.165, 1.54) is 38.5 Å². The summed E-state index contributed by atoms with van der Waals surface area (Å²) < 4.78 is 5.58. The van der Waals surface area contributed by atoms with Gasteiger partial charge in [0.15, 0.2) is 11.5 Å². The molecule has 5 fully saturated rings. The molecule has 1 aromatic heterocycles. The number of rotatable bonds is 7. The minimum Gasteiger partial charge on any atom is -0.494 e. The molecule has 0 radical (unpaired) electrons. The van der Waals surface area contributed by atoms with E-state index in [1.54, 1.807) is 6.07 Å². The van der Waals surface area contributed by atoms with E-state index in [4.69, 9.17) is 4.74 Å². The van der Waals surface area contributed by atoms with Gasteiger partial charge < -0.3 is 19.9 Å². The zero-order valence-electron chi connectivity index (χ0n) is 26.0. The molecule has 2 heterocycles. The molecule has 5 aliphatic rings. The molecule has 45 heavy (non-hydrogen) atoms. The van der Waals surface area contributed by atoms with Gasteiger partial charge in [0.1, 0.15) is 5.75 Å². The number of ether oxygens (including phenoxy) is 1. The average molecular weight is 604 g/mol. The van der Waals surface area contributed by atoms with Crippen molar-refractivity contribution in [1.29, 1.82) is 0 Å². The summed E-state index contributed by atoms with van der Waals surface area (Å²) in [5.41, 5.74) is 2.79. The SMILES string of the molecule is CCOc1cccc(C#Cc2ccccc2C(=O)N2CCN(c3ccc(C(=O)NCC45CC6CC(CC(C6)C4)C5)nn3)CC2)c1. The van der Waals surface area contributed by atoms with E-state index in [9.17, 15) is 9.59 Å². The van der Waals surface area contributed by atoms with E-state index in [1.807, 2.05) is 66.4 Å². The van der Waals surface area contributed by atoms with Crippen molar-refractivity contribution in [2.45, 2.75) is 45.4 Å². The smallest absolute Gasteiger partial charge is 0.271 e. The minimum absolute atomic E-state index is 0.0280. The lowest BCUT2D eigenvalue weighted by molar-refractivity contribution is -0.0503. The van der Waals surface area contributed by atoms with Crippen LogP contribution in [0.4, 0.5) is 5.82 Å². The third-order valence-electron chi connectivity index (χ3n) is 10.2. The zero-order chi connectivity index (χ0) is 30.8. The van der Waals surface area contributed by atoms with Crippen molar-refractivity contribution in [3.63, 3.8) is 0 Å². The van der Waals surface area contributed by atoms with Gasteiger partial charge in [-0.3, -0.25) is 9.59 Å². The van der Waals surface area contributed by atoms with E-state index in [-0.39, 0.29) is 17.2 Å². The first-order valence-electron chi connectivity index (χ1n) is 16.5. The molecule has 0 spiro atoms. The number of benzene rings is 2. The number of carbonyl (C=O) groups excluding carboxylic acids is 2. The highest BCUT2D eigenvalue weighted by Crippen LogP contribution is 2.59. The summed E-state index contributed by atoms with van der Waals surface area (Å²) in [4.78, 5) is 30.5. The first kappa shape index (κ1) is 29.3. The zero-order valence-corrected chi connectivity index (χ0v) is 26.0. The normalized spacial score (nSPS) is 25.0. The van der Waals surface area contributed by atoms with E-state index >= 15 is 0 Å². The topological polar surface area (TPSA) is 87.7 Å². The van der Waals surface area contributed by atoms with Crippen LogP contribution in [0, 0.1) is 35.0 Å². The van der Waals surface area contributed by atoms with Crippen LogP contribution >= 0.6 is 0 Å². The number of aromatic nitrogens is 2. The van der Waals surface area contributed by atoms with Crippen LogP contribution in [0.15, 0.2) is 60.7 Å². The molecule has 8 rings (SSSR count). The molecule has 2 aromatic carbocycles. The lowest BCUT2D eigenvalue weighted by Crippen LogP contribution is -2.51. The average Bonchev–Trinajstić information content (AvgIpc) is 3.06. The Kier molecular flexibility index (Phi) is 8.18. The Balaban J connectivity index is 0.936. The summed E-state index contributed by atoms with van der Waals surface area (Å²) in [6.07, 6.45) is 7.99. The summed E-state index contributed by atoms with van der Waals surface area (Å²) in [6, 6.07) is 18.8. The van der Waals surface area contributed by atoms with E-state index < -0.39 is 0 Å². The number of amides is 2. The van der Waals surface area contributed by atoms with Crippen LogP contribution in [0.3, 0.4) is 0 Å². The Morgan fingerprint density at radius 1 is 0.889 bits per heavy atom. The Morgan fingerprint density at radius 2 is 1.62 bits per heavy atom. The van der Waals surface area contributed by atoms with E-state index in [0.717, 1.165) is 41.4 Å². The van der Waals surface area contributed by atoms with Gasteiger partial charge in [-0.15, -0.1) is 10.2 Å². The maximum atomic E-state index is 13.5. The third kappa shape index (κ3) is 6.40. The van der Waals surface area contributed by atoms with Gasteiger partial charge in [-0.1, -0.05) is 30.0 Å². The predicted octanol–water partition coefficient (Wildman–Crippen LogP) is 5.18. The van der Waals surface area contributed by atoms with Crippen LogP contribution < -0.4 is 15.0 Å². The summed E-state index contributed by atoms with van der Waals surface area (Å²) in [5.74, 6) is 10.3. The molecular weight excluding hydrogens is 562 g/mol. The van der Waals surface area contributed by atoms with E-state index in [2.05, 4.69) is 32.3 Å². The lowest BCUT2D eigenvalue weighted by Gasteiger charge is -2.56. The number of hydrogen-bond acceptors (Lipinski definition) is 6. The molecule has 0 atom stereocenters. The number of carbonyl (C=O) groups is 2. The fraction of sp³-hybridized carbons (Fsp3) is 0.459. The molecule has 1 saturated heterocycles. The minimum atomic E-state index is -0.135. The molecule has 8 nitrogen and oxygen atoms in total. The van der Waals surface area contributed by atoms with Crippen LogP contribution in [-0.2, 0) is 0 Å². The second-order valence-corrected chi connectivity index (χ2v) is 13.4. The molecule has 1 N–H and O–H groups in total. The number of piperazine rings is 1. The monoisotopic (exact) mass is 603 g/mol. The van der Waals surface area contributed by atoms with Crippen LogP contribution in [0.25, 0.3) is 0 Å². The van der Waals surface area contributed by atoms with Gasteiger partial charge in [-0.2, -0.15) is 0 Å². The quantitative estimate of drug-likeness (QED) is 0.375. The van der Waals surface area contributed by atoms with Gasteiger partial charge in [-0.05, 0) is 111 Å². The Labute approximate surface area is 265 Å². The summed E-state index contributed by atoms with van der Waals surface area (Å²) in [5, 5.41) is 11.9. The van der Waals surface area contributed by atoms with Crippen LogP contribution in [0.5, 0.6) is 5.75 Å². The Bertz CT molecular complexity index is 1580. The van der Waals surface area contributed by atoms with Crippen molar-refractivity contribution in [3.05, 3.63) is 83.0 Å². The lowest BCUT2D eigenvalue weighted by atomic mass is 9.49. The van der Waals surface area contributed by atoms with Gasteiger partial charge in [0.2, 0.25) is 0 Å². The third-order valence-corrected chi connectivity index (χ3v) is 10.2. The maximum Gasteiger partial charge on any atom is 0.271 e. The summed E-state index contributed by atoms with van der Waals surface area (Å²) in [6.45, 7) is 5.69. The number of nitrogens with zero attached hydrogens (tertiary/aromatic N) is 4. The molecule has 4 aliphatic carbocycles. The number of nitrogens with one attached hydrogen (secondary N) is 1. The molecule has 0 unspecified atom stereocenters. The standard InChI is InChI=1S/C37H41N5O3/c1-2-45-31-8-5-6-26(21-31)10-11-30-7-3-4-9-32(30)36(44)42-16-14-41(15-17-42)34-13-12-33(39-40-34)35(43)38-25-37-22-27-18-28(23-37)20-29(19-27)24-37/h3-9,12-13,21,27-29H,2,14-20,22-25H2,1H3,(H,38,43). The van der Waals surface area contributed by atoms with Gasteiger partial charge >= 0.3 is 0 Å². The van der Waals surface area contributed by atoms with Crippen molar-refractivity contribution in [2.75, 3.05) is 44.2 Å². The summed E-state index contributed by atoms with van der Waals surface area (Å²) in [7, 11) is 0. The van der Waals surface area contributed by atoms with Gasteiger partial charge in [0, 0.05) is 43.9 Å². The van der Waals surface area contributed by atoms with Crippen LogP contribution in [0.2, 0.25) is 0 Å². The summed E-state index contributed by atoms with van der Waals surface area (Å²) >= 11 is 0. The molecule has 2 amide bonds. The highest BCUT2D eigenvalue weighted by Gasteiger charge is 2.50. The van der Waals surface area contributed by atoms with Crippen molar-refractivity contribution >= 4 is 17.6 Å². The van der Waals surface area contributed by atoms with Crippen molar-refractivity contribution < 1.29 is 14.3 Å². The fourth-order valence-corrected chi connectivity index (χ4v) is 8.54. The Hall–Kier alpha value is -4.38. The maximum absolute atomic E-state index is 13.5. The molecule has 1 aliphatic heterocycles. The highest BCUT2D eigenvalue weighted by atomic mass is 16.5. The van der Waals surface area contributed by atoms with Crippen molar-refractivity contribution in [1.82, 2.24) is 20.4 Å². The predicted molar refractivity (Wildman–Crippen MR) is 173 cm³/mol. The molecular formula is C37H41N5O3. The largest absolute Gasteiger partial charge is 0.494 e. The second-order valence-electron chi connectivity index (χ2n) is 13.4. The second kappa shape index (κ2) is 12.5. The van der Waals surface area contributed by atoms with Crippen molar-refractivity contribution in [2.24, 2.45) is 23.2 Å². The molecule has 8 heteroatoms. The first-order chi connectivity index (χ1) is 22.0. The Morgan fingerprint density at radius 3 is 2.31 bits per heavy atom. The molecule has 4 bridgehead atoms. The van der Waals surface area contributed by atoms with Crippen molar-refractivity contribution in [3.8, 4) is 17.6 Å². The first-order valence-corrected chi connectivity index (χ1v) is 16.5. The van der Waals surface area contributed by atoms with E-state index in [0.29, 0.717) is 49.6 Å². The highest BCUT2D eigenvalue weighted by molar-refractivity contribution is 5.97. The number of hydrogen-bond donors (Lipinski definition) is 1. The van der Waals surface area contributed by atoms with Crippen LogP contribution in [-0.4, -0.2) is 66.2 Å². The molecule has 3 aromatic rings. The number of anilines is 1. The van der Waals surface area contributed by atoms with Gasteiger partial charge in [0.25, 0.3) is 11.8 Å². The molecule has 4 saturated carbocycles. The van der Waals surface area contributed by atoms with Crippen LogP contribution in [0.1, 0.15) is 77.4 Å².